The van der Waals surface area contributed by atoms with Crippen LogP contribution in [0, 0.1) is 0 Å². The Kier molecular flexibility index (Phi) is 4.25. The van der Waals surface area contributed by atoms with Crippen LogP contribution in [0.1, 0.15) is 49.8 Å². The Morgan fingerprint density at radius 1 is 1.28 bits per heavy atom. The number of rotatable bonds is 4. The Hall–Kier alpha value is -1.06. The lowest BCUT2D eigenvalue weighted by Crippen LogP contribution is -2.21. The summed E-state index contributed by atoms with van der Waals surface area (Å²) in [6.45, 7) is 6.74. The van der Waals surface area contributed by atoms with Crippen molar-refractivity contribution in [1.29, 1.82) is 0 Å². The van der Waals surface area contributed by atoms with E-state index in [0.29, 0.717) is 5.92 Å². The molecule has 1 aromatic carbocycles. The molecule has 2 rings (SSSR count). The lowest BCUT2D eigenvalue weighted by molar-refractivity contribution is 0.268. The van der Waals surface area contributed by atoms with Gasteiger partial charge in [0.25, 0.3) is 0 Å². The molecule has 0 bridgehead atoms. The molecule has 3 N–H and O–H groups in total. The Morgan fingerprint density at radius 3 is 2.50 bits per heavy atom. The first-order valence-corrected chi connectivity index (χ1v) is 6.88. The number of nitrogens with zero attached hydrogens (tertiary/aromatic N) is 1. The van der Waals surface area contributed by atoms with Gasteiger partial charge in [-0.2, -0.15) is 0 Å². The molecule has 3 nitrogen and oxygen atoms in total. The maximum Gasteiger partial charge on any atom is 0.0624 e. The van der Waals surface area contributed by atoms with Crippen LogP contribution in [-0.2, 0) is 0 Å². The average molecular weight is 248 g/mol. The minimum absolute atomic E-state index is 0.000591. The van der Waals surface area contributed by atoms with Gasteiger partial charge in [0, 0.05) is 18.8 Å². The van der Waals surface area contributed by atoms with Gasteiger partial charge in [-0.3, -0.25) is 0 Å². The number of benzene rings is 1. The molecular formula is C15H24N2O. The first-order chi connectivity index (χ1) is 8.63. The van der Waals surface area contributed by atoms with Crippen LogP contribution in [0.4, 0.5) is 5.69 Å². The van der Waals surface area contributed by atoms with Gasteiger partial charge in [0.1, 0.15) is 0 Å². The second-order valence-corrected chi connectivity index (χ2v) is 5.46. The summed E-state index contributed by atoms with van der Waals surface area (Å²) >= 11 is 0. The maximum atomic E-state index is 9.16. The Balaban J connectivity index is 2.34. The summed E-state index contributed by atoms with van der Waals surface area (Å²) in [7, 11) is 0. The third-order valence-corrected chi connectivity index (χ3v) is 3.75. The van der Waals surface area contributed by atoms with Gasteiger partial charge in [-0.25, -0.2) is 0 Å². The van der Waals surface area contributed by atoms with Crippen molar-refractivity contribution in [2.24, 2.45) is 5.73 Å². The zero-order valence-corrected chi connectivity index (χ0v) is 11.4. The number of anilines is 1. The van der Waals surface area contributed by atoms with Gasteiger partial charge in [-0.15, -0.1) is 0 Å². The van der Waals surface area contributed by atoms with Gasteiger partial charge in [0.05, 0.1) is 12.6 Å². The second kappa shape index (κ2) is 5.72. The summed E-state index contributed by atoms with van der Waals surface area (Å²) < 4.78 is 0. The molecule has 1 aliphatic rings. The van der Waals surface area contributed by atoms with Crippen molar-refractivity contribution in [2.75, 3.05) is 24.6 Å². The van der Waals surface area contributed by atoms with E-state index in [-0.39, 0.29) is 12.6 Å². The number of aliphatic hydroxyl groups is 1. The summed E-state index contributed by atoms with van der Waals surface area (Å²) in [5.41, 5.74) is 9.62. The van der Waals surface area contributed by atoms with Crippen LogP contribution in [0.3, 0.4) is 0 Å². The highest BCUT2D eigenvalue weighted by Crippen LogP contribution is 2.32. The highest BCUT2D eigenvalue weighted by atomic mass is 16.3. The molecule has 3 heteroatoms. The molecule has 18 heavy (non-hydrogen) atoms. The van der Waals surface area contributed by atoms with E-state index in [1.807, 2.05) is 0 Å². The van der Waals surface area contributed by atoms with E-state index in [0.717, 1.165) is 18.7 Å². The van der Waals surface area contributed by atoms with Gasteiger partial charge in [-0.1, -0.05) is 26.0 Å². The zero-order chi connectivity index (χ0) is 13.1. The number of aliphatic hydroxyl groups excluding tert-OH is 1. The first kappa shape index (κ1) is 13.4. The van der Waals surface area contributed by atoms with Crippen molar-refractivity contribution in [3.63, 3.8) is 0 Å². The Bertz CT molecular complexity index is 397. The van der Waals surface area contributed by atoms with Crippen molar-refractivity contribution >= 4 is 5.69 Å². The molecule has 1 aromatic rings. The van der Waals surface area contributed by atoms with E-state index >= 15 is 0 Å². The first-order valence-electron chi connectivity index (χ1n) is 6.88. The molecule has 1 heterocycles. The summed E-state index contributed by atoms with van der Waals surface area (Å²) in [4.78, 5) is 2.46. The molecule has 100 valence electrons. The lowest BCUT2D eigenvalue weighted by Gasteiger charge is -2.24. The highest BCUT2D eigenvalue weighted by Gasteiger charge is 2.18. The second-order valence-electron chi connectivity index (χ2n) is 5.46. The molecular weight excluding hydrogens is 224 g/mol. The molecule has 1 atom stereocenters. The number of hydrogen-bond acceptors (Lipinski definition) is 3. The fraction of sp³-hybridized carbons (Fsp3) is 0.600. The van der Waals surface area contributed by atoms with Crippen molar-refractivity contribution < 1.29 is 5.11 Å². The van der Waals surface area contributed by atoms with Crippen LogP contribution in [0.2, 0.25) is 0 Å². The standard InChI is InChI=1S/C15H24N2O/c1-11(2)13-9-12(14(16)10-18)5-6-15(13)17-7-3-4-8-17/h5-6,9,11,14,18H,3-4,7-8,10,16H2,1-2H3/t14-/m0/s1. The average Bonchev–Trinajstić information content (AvgIpc) is 2.90. The summed E-state index contributed by atoms with van der Waals surface area (Å²) in [5.74, 6) is 0.478. The van der Waals surface area contributed by atoms with Gasteiger partial charge >= 0.3 is 0 Å². The fourth-order valence-electron chi connectivity index (χ4n) is 2.62. The SMILES string of the molecule is CC(C)c1cc([C@@H](N)CO)ccc1N1CCCC1. The molecule has 1 fully saturated rings. The fourth-order valence-corrected chi connectivity index (χ4v) is 2.62. The van der Waals surface area contributed by atoms with Crippen LogP contribution in [0.25, 0.3) is 0 Å². The Morgan fingerprint density at radius 2 is 1.94 bits per heavy atom. The zero-order valence-electron chi connectivity index (χ0n) is 11.4. The monoisotopic (exact) mass is 248 g/mol. The molecule has 0 unspecified atom stereocenters. The highest BCUT2D eigenvalue weighted by molar-refractivity contribution is 5.57. The lowest BCUT2D eigenvalue weighted by atomic mass is 9.95. The van der Waals surface area contributed by atoms with Gasteiger partial charge in [-0.05, 0) is 36.0 Å². The van der Waals surface area contributed by atoms with Crippen LogP contribution in [0.15, 0.2) is 18.2 Å². The third-order valence-electron chi connectivity index (χ3n) is 3.75. The normalized spacial score (nSPS) is 17.5. The van der Waals surface area contributed by atoms with E-state index in [9.17, 15) is 0 Å². The van der Waals surface area contributed by atoms with Crippen molar-refractivity contribution in [3.05, 3.63) is 29.3 Å². The minimum Gasteiger partial charge on any atom is -0.394 e. The number of nitrogens with two attached hydrogens (primary N) is 1. The van der Waals surface area contributed by atoms with Crippen molar-refractivity contribution in [3.8, 4) is 0 Å². The van der Waals surface area contributed by atoms with Crippen molar-refractivity contribution in [2.45, 2.75) is 38.6 Å². The van der Waals surface area contributed by atoms with Crippen LogP contribution < -0.4 is 10.6 Å². The predicted octanol–water partition coefficient (Wildman–Crippen LogP) is 2.40. The topological polar surface area (TPSA) is 49.5 Å². The molecule has 0 aromatic heterocycles. The van der Waals surface area contributed by atoms with Crippen molar-refractivity contribution in [1.82, 2.24) is 0 Å². The number of hydrogen-bond donors (Lipinski definition) is 2. The van der Waals surface area contributed by atoms with E-state index in [4.69, 9.17) is 10.8 Å². The molecule has 1 aliphatic heterocycles. The molecule has 0 aliphatic carbocycles. The van der Waals surface area contributed by atoms with Crippen LogP contribution in [-0.4, -0.2) is 24.8 Å². The van der Waals surface area contributed by atoms with E-state index in [1.54, 1.807) is 0 Å². The summed E-state index contributed by atoms with van der Waals surface area (Å²) in [5, 5.41) is 9.16. The van der Waals surface area contributed by atoms with E-state index in [1.165, 1.54) is 24.1 Å². The Labute approximate surface area is 110 Å². The maximum absolute atomic E-state index is 9.16. The summed E-state index contributed by atoms with van der Waals surface area (Å²) in [6, 6.07) is 6.13. The van der Waals surface area contributed by atoms with Gasteiger partial charge in [0.15, 0.2) is 0 Å². The minimum atomic E-state index is -0.268. The van der Waals surface area contributed by atoms with Gasteiger partial charge in [0.2, 0.25) is 0 Å². The molecule has 0 amide bonds. The largest absolute Gasteiger partial charge is 0.394 e. The van der Waals surface area contributed by atoms with Crippen LogP contribution in [0.5, 0.6) is 0 Å². The summed E-state index contributed by atoms with van der Waals surface area (Å²) in [6.07, 6.45) is 2.57. The quantitative estimate of drug-likeness (QED) is 0.860. The smallest absolute Gasteiger partial charge is 0.0624 e. The molecule has 0 saturated carbocycles. The van der Waals surface area contributed by atoms with E-state index < -0.39 is 0 Å². The van der Waals surface area contributed by atoms with Gasteiger partial charge < -0.3 is 15.7 Å². The molecule has 1 saturated heterocycles. The van der Waals surface area contributed by atoms with Crippen LogP contribution >= 0.6 is 0 Å². The van der Waals surface area contributed by atoms with E-state index in [2.05, 4.69) is 36.9 Å². The molecule has 0 radical (unpaired) electrons. The predicted molar refractivity (Wildman–Crippen MR) is 76.0 cm³/mol. The third kappa shape index (κ3) is 2.68. The molecule has 0 spiro atoms.